The first-order chi connectivity index (χ1) is 7.59. The van der Waals surface area contributed by atoms with E-state index in [1.54, 1.807) is 25.1 Å². The second kappa shape index (κ2) is 3.98. The van der Waals surface area contributed by atoms with Crippen LogP contribution in [0.4, 0.5) is 0 Å². The van der Waals surface area contributed by atoms with Gasteiger partial charge in [-0.1, -0.05) is 23.7 Å². The monoisotopic (exact) mass is 236 g/mol. The molecule has 0 aliphatic carbocycles. The van der Waals surface area contributed by atoms with Gasteiger partial charge in [0, 0.05) is 0 Å². The highest BCUT2D eigenvalue weighted by Crippen LogP contribution is 2.28. The molecule has 0 radical (unpaired) electrons. The molecule has 2 rings (SSSR count). The number of halogens is 1. The molecule has 16 heavy (non-hydrogen) atoms. The van der Waals surface area contributed by atoms with Crippen molar-refractivity contribution in [3.8, 4) is 11.5 Å². The van der Waals surface area contributed by atoms with Crippen molar-refractivity contribution >= 4 is 17.5 Å². The van der Waals surface area contributed by atoms with E-state index in [2.05, 4.69) is 4.98 Å². The Morgan fingerprint density at radius 2 is 2.12 bits per heavy atom. The van der Waals surface area contributed by atoms with E-state index >= 15 is 0 Å². The Bertz CT molecular complexity index is 549. The summed E-state index contributed by atoms with van der Waals surface area (Å²) in [5, 5.41) is 0.514. The Morgan fingerprint density at radius 1 is 1.44 bits per heavy atom. The van der Waals surface area contributed by atoms with Gasteiger partial charge in [-0.05, 0) is 19.1 Å². The van der Waals surface area contributed by atoms with Crippen molar-refractivity contribution in [2.45, 2.75) is 6.92 Å². The molecule has 0 saturated carbocycles. The van der Waals surface area contributed by atoms with Gasteiger partial charge in [-0.15, -0.1) is 0 Å². The van der Waals surface area contributed by atoms with E-state index in [4.69, 9.17) is 21.8 Å². The van der Waals surface area contributed by atoms with E-state index in [1.165, 1.54) is 0 Å². The van der Waals surface area contributed by atoms with Crippen LogP contribution in [0.25, 0.3) is 11.5 Å². The Kier molecular flexibility index (Phi) is 2.66. The number of hydrogen-bond donors (Lipinski definition) is 1. The highest BCUT2D eigenvalue weighted by atomic mass is 35.5. The van der Waals surface area contributed by atoms with Gasteiger partial charge in [0.1, 0.15) is 0 Å². The third-order valence-corrected chi connectivity index (χ3v) is 2.45. The van der Waals surface area contributed by atoms with Gasteiger partial charge < -0.3 is 10.2 Å². The number of hydrogen-bond acceptors (Lipinski definition) is 3. The van der Waals surface area contributed by atoms with Gasteiger partial charge in [0.15, 0.2) is 0 Å². The predicted octanol–water partition coefficient (Wildman–Crippen LogP) is 2.40. The second-order valence-electron chi connectivity index (χ2n) is 3.28. The normalized spacial score (nSPS) is 10.4. The van der Waals surface area contributed by atoms with Crippen molar-refractivity contribution in [3.63, 3.8) is 0 Å². The maximum absolute atomic E-state index is 11.0. The third-order valence-electron chi connectivity index (χ3n) is 2.12. The van der Waals surface area contributed by atoms with E-state index < -0.39 is 5.91 Å². The molecule has 0 unspecified atom stereocenters. The van der Waals surface area contributed by atoms with Gasteiger partial charge in [-0.3, -0.25) is 4.79 Å². The molecule has 1 amide bonds. The zero-order chi connectivity index (χ0) is 11.7. The molecule has 0 fully saturated rings. The Labute approximate surface area is 97.0 Å². The van der Waals surface area contributed by atoms with Crippen LogP contribution in [0.5, 0.6) is 0 Å². The van der Waals surface area contributed by atoms with Crippen LogP contribution >= 0.6 is 11.6 Å². The Balaban J connectivity index is 2.54. The number of carbonyl (C=O) groups excluding carboxylic acids is 1. The van der Waals surface area contributed by atoms with Crippen LogP contribution in [0.3, 0.4) is 0 Å². The average molecular weight is 237 g/mol. The molecule has 0 aliphatic rings. The summed E-state index contributed by atoms with van der Waals surface area (Å²) in [5.74, 6) is -0.268. The van der Waals surface area contributed by atoms with E-state index in [0.29, 0.717) is 22.2 Å². The van der Waals surface area contributed by atoms with E-state index in [9.17, 15) is 4.79 Å². The van der Waals surface area contributed by atoms with Gasteiger partial charge in [0.25, 0.3) is 5.91 Å². The van der Waals surface area contributed by atoms with Crippen molar-refractivity contribution in [2.75, 3.05) is 0 Å². The molecule has 2 aromatic rings. The Hall–Kier alpha value is -1.81. The van der Waals surface area contributed by atoms with Crippen molar-refractivity contribution in [1.82, 2.24) is 4.98 Å². The zero-order valence-electron chi connectivity index (χ0n) is 8.53. The molecule has 1 heterocycles. The summed E-state index contributed by atoms with van der Waals surface area (Å²) in [6.45, 7) is 1.66. The molecule has 1 aromatic carbocycles. The van der Waals surface area contributed by atoms with Crippen molar-refractivity contribution in [3.05, 3.63) is 40.7 Å². The van der Waals surface area contributed by atoms with Crippen LogP contribution in [-0.2, 0) is 0 Å². The highest BCUT2D eigenvalue weighted by molar-refractivity contribution is 6.33. The lowest BCUT2D eigenvalue weighted by Crippen LogP contribution is -2.10. The number of nitrogens with zero attached hydrogens (tertiary/aromatic N) is 1. The van der Waals surface area contributed by atoms with E-state index in [0.717, 1.165) is 0 Å². The molecule has 82 valence electrons. The molecule has 0 saturated heterocycles. The molecule has 5 heteroatoms. The molecule has 0 atom stereocenters. The smallest absolute Gasteiger partial charge is 0.286 e. The van der Waals surface area contributed by atoms with Gasteiger partial charge in [0.2, 0.25) is 11.7 Å². The molecular formula is C11H9ClN2O2. The minimum absolute atomic E-state index is 0.0647. The minimum atomic E-state index is -0.636. The maximum Gasteiger partial charge on any atom is 0.286 e. The predicted molar refractivity (Wildman–Crippen MR) is 60.2 cm³/mol. The SMILES string of the molecule is Cc1nc(-c2ccccc2Cl)oc1C(N)=O. The molecule has 1 aromatic heterocycles. The number of nitrogens with two attached hydrogens (primary N) is 1. The van der Waals surface area contributed by atoms with Gasteiger partial charge in [-0.2, -0.15) is 0 Å². The summed E-state index contributed by atoms with van der Waals surface area (Å²) in [4.78, 5) is 15.1. The summed E-state index contributed by atoms with van der Waals surface area (Å²) in [7, 11) is 0. The second-order valence-corrected chi connectivity index (χ2v) is 3.68. The number of aromatic nitrogens is 1. The molecule has 0 bridgehead atoms. The summed E-state index contributed by atoms with van der Waals surface area (Å²) >= 11 is 5.98. The van der Waals surface area contributed by atoms with Crippen molar-refractivity contribution < 1.29 is 9.21 Å². The average Bonchev–Trinajstić information content (AvgIpc) is 2.61. The summed E-state index contributed by atoms with van der Waals surface area (Å²) in [5.41, 5.74) is 6.24. The third kappa shape index (κ3) is 1.79. The first-order valence-electron chi connectivity index (χ1n) is 4.61. The highest BCUT2D eigenvalue weighted by Gasteiger charge is 2.16. The molecule has 0 spiro atoms. The fourth-order valence-corrected chi connectivity index (χ4v) is 1.59. The number of carbonyl (C=O) groups is 1. The maximum atomic E-state index is 11.0. The summed E-state index contributed by atoms with van der Waals surface area (Å²) < 4.78 is 5.27. The van der Waals surface area contributed by atoms with Crippen LogP contribution in [0.1, 0.15) is 16.2 Å². The van der Waals surface area contributed by atoms with Crippen LogP contribution in [0, 0.1) is 6.92 Å². The fraction of sp³-hybridized carbons (Fsp3) is 0.0909. The first kappa shape index (κ1) is 10.7. The fourth-order valence-electron chi connectivity index (χ4n) is 1.37. The lowest BCUT2D eigenvalue weighted by molar-refractivity contribution is 0.0974. The van der Waals surface area contributed by atoms with E-state index in [-0.39, 0.29) is 5.76 Å². The lowest BCUT2D eigenvalue weighted by atomic mass is 10.2. The zero-order valence-corrected chi connectivity index (χ0v) is 9.28. The summed E-state index contributed by atoms with van der Waals surface area (Å²) in [6.07, 6.45) is 0. The van der Waals surface area contributed by atoms with Crippen LogP contribution in [0.2, 0.25) is 5.02 Å². The lowest BCUT2D eigenvalue weighted by Gasteiger charge is -1.97. The molecule has 4 nitrogen and oxygen atoms in total. The van der Waals surface area contributed by atoms with Gasteiger partial charge in [-0.25, -0.2) is 4.98 Å². The topological polar surface area (TPSA) is 69.1 Å². The van der Waals surface area contributed by atoms with Crippen molar-refractivity contribution in [1.29, 1.82) is 0 Å². The standard InChI is InChI=1S/C11H9ClN2O2/c1-6-9(10(13)15)16-11(14-6)7-4-2-3-5-8(7)12/h2-5H,1H3,(H2,13,15). The summed E-state index contributed by atoms with van der Waals surface area (Å²) in [6, 6.07) is 7.10. The van der Waals surface area contributed by atoms with E-state index in [1.807, 2.05) is 6.07 Å². The van der Waals surface area contributed by atoms with Crippen molar-refractivity contribution in [2.24, 2.45) is 5.73 Å². The number of amides is 1. The largest absolute Gasteiger partial charge is 0.431 e. The number of rotatable bonds is 2. The number of aryl methyl sites for hydroxylation is 1. The van der Waals surface area contributed by atoms with Gasteiger partial charge >= 0.3 is 0 Å². The molecular weight excluding hydrogens is 228 g/mol. The Morgan fingerprint density at radius 3 is 2.69 bits per heavy atom. The minimum Gasteiger partial charge on any atom is -0.431 e. The number of oxazole rings is 1. The van der Waals surface area contributed by atoms with Crippen LogP contribution in [-0.4, -0.2) is 10.9 Å². The quantitative estimate of drug-likeness (QED) is 0.871. The molecule has 2 N–H and O–H groups in total. The van der Waals surface area contributed by atoms with Crippen LogP contribution < -0.4 is 5.73 Å². The van der Waals surface area contributed by atoms with Crippen LogP contribution in [0.15, 0.2) is 28.7 Å². The van der Waals surface area contributed by atoms with Gasteiger partial charge in [0.05, 0.1) is 16.3 Å². The first-order valence-corrected chi connectivity index (χ1v) is 4.99. The number of benzene rings is 1. The molecule has 0 aliphatic heterocycles. The number of primary amides is 1.